The van der Waals surface area contributed by atoms with Crippen LogP contribution in [0.2, 0.25) is 0 Å². The van der Waals surface area contributed by atoms with Crippen molar-refractivity contribution in [3.63, 3.8) is 0 Å². The van der Waals surface area contributed by atoms with Gasteiger partial charge in [-0.25, -0.2) is 13.2 Å². The summed E-state index contributed by atoms with van der Waals surface area (Å²) >= 11 is 0. The summed E-state index contributed by atoms with van der Waals surface area (Å²) in [5, 5.41) is 0. The zero-order chi connectivity index (χ0) is 21.7. The maximum Gasteiger partial charge on any atom is 0.338 e. The topological polar surface area (TPSA) is 84.0 Å². The molecule has 3 rings (SSSR count). The van der Waals surface area contributed by atoms with E-state index in [9.17, 15) is 18.0 Å². The molecule has 1 fully saturated rings. The van der Waals surface area contributed by atoms with E-state index < -0.39 is 22.1 Å². The molecule has 0 radical (unpaired) electrons. The molecule has 0 saturated carbocycles. The average molecular weight is 431 g/mol. The first kappa shape index (κ1) is 22.0. The highest BCUT2D eigenvalue weighted by atomic mass is 32.2. The zero-order valence-corrected chi connectivity index (χ0v) is 18.0. The third-order valence-corrected chi connectivity index (χ3v) is 7.06. The van der Waals surface area contributed by atoms with Gasteiger partial charge in [0.05, 0.1) is 10.5 Å². The molecule has 1 aliphatic rings. The highest BCUT2D eigenvalue weighted by Gasteiger charge is 2.27. The van der Waals surface area contributed by atoms with Crippen LogP contribution in [0.15, 0.2) is 59.5 Å². The van der Waals surface area contributed by atoms with E-state index in [1.807, 2.05) is 18.2 Å². The van der Waals surface area contributed by atoms with Gasteiger partial charge in [-0.1, -0.05) is 24.6 Å². The van der Waals surface area contributed by atoms with Crippen molar-refractivity contribution in [3.05, 3.63) is 60.2 Å². The number of hydrogen-bond acceptors (Lipinski definition) is 5. The molecule has 0 bridgehead atoms. The van der Waals surface area contributed by atoms with Crippen molar-refractivity contribution in [1.29, 1.82) is 0 Å². The number of carbonyl (C=O) groups is 2. The van der Waals surface area contributed by atoms with Crippen molar-refractivity contribution in [2.75, 3.05) is 25.0 Å². The van der Waals surface area contributed by atoms with E-state index in [0.29, 0.717) is 18.8 Å². The predicted molar refractivity (Wildman–Crippen MR) is 114 cm³/mol. The van der Waals surface area contributed by atoms with Crippen LogP contribution in [0.4, 0.5) is 5.69 Å². The molecule has 2 aromatic rings. The van der Waals surface area contributed by atoms with Crippen LogP contribution < -0.4 is 4.90 Å². The number of ether oxygens (including phenoxy) is 1. The summed E-state index contributed by atoms with van der Waals surface area (Å²) in [5.41, 5.74) is 0.882. The lowest BCUT2D eigenvalue weighted by atomic mass is 10.2. The number of para-hydroxylation sites is 1. The third-order valence-electron chi connectivity index (χ3n) is 5.15. The van der Waals surface area contributed by atoms with Gasteiger partial charge in [0.25, 0.3) is 5.91 Å². The summed E-state index contributed by atoms with van der Waals surface area (Å²) in [4.78, 5) is 26.5. The Kier molecular flexibility index (Phi) is 6.89. The Morgan fingerprint density at radius 1 is 0.967 bits per heavy atom. The lowest BCUT2D eigenvalue weighted by Gasteiger charge is -2.25. The molecule has 1 aliphatic heterocycles. The lowest BCUT2D eigenvalue weighted by Crippen LogP contribution is -2.37. The number of sulfonamides is 1. The molecule has 30 heavy (non-hydrogen) atoms. The minimum atomic E-state index is -3.56. The average Bonchev–Trinajstić information content (AvgIpc) is 2.79. The fourth-order valence-corrected chi connectivity index (χ4v) is 4.86. The lowest BCUT2D eigenvalue weighted by molar-refractivity contribution is -0.126. The quantitative estimate of drug-likeness (QED) is 0.658. The van der Waals surface area contributed by atoms with Gasteiger partial charge in [0.1, 0.15) is 0 Å². The van der Waals surface area contributed by atoms with Crippen molar-refractivity contribution >= 4 is 27.6 Å². The summed E-state index contributed by atoms with van der Waals surface area (Å²) in [6.07, 6.45) is 1.76. The maximum atomic E-state index is 12.7. The molecule has 2 aromatic carbocycles. The van der Waals surface area contributed by atoms with Crippen LogP contribution >= 0.6 is 0 Å². The summed E-state index contributed by atoms with van der Waals surface area (Å²) in [7, 11) is -1.95. The Morgan fingerprint density at radius 2 is 1.57 bits per heavy atom. The number of esters is 1. The highest BCUT2D eigenvalue weighted by Crippen LogP contribution is 2.21. The SMILES string of the molecule is C[C@@H](OC(=O)c1ccc(S(=O)(=O)N2CCCCC2)cc1)C(=O)N(C)c1ccccc1. The highest BCUT2D eigenvalue weighted by molar-refractivity contribution is 7.89. The standard InChI is InChI=1S/C22H26N2O5S/c1-17(21(25)23(2)19-9-5-3-6-10-19)29-22(26)18-11-13-20(14-12-18)30(27,28)24-15-7-4-8-16-24/h3,5-6,9-14,17H,4,7-8,15-16H2,1-2H3/t17-/m1/s1. The second-order valence-electron chi connectivity index (χ2n) is 7.27. The summed E-state index contributed by atoms with van der Waals surface area (Å²) in [6.45, 7) is 2.54. The molecule has 0 aliphatic carbocycles. The van der Waals surface area contributed by atoms with Crippen molar-refractivity contribution in [2.24, 2.45) is 0 Å². The van der Waals surface area contributed by atoms with E-state index in [2.05, 4.69) is 0 Å². The van der Waals surface area contributed by atoms with Crippen LogP contribution in [0.3, 0.4) is 0 Å². The molecule has 0 spiro atoms. The molecule has 0 aromatic heterocycles. The van der Waals surface area contributed by atoms with E-state index in [0.717, 1.165) is 19.3 Å². The van der Waals surface area contributed by atoms with Gasteiger partial charge in [0, 0.05) is 25.8 Å². The van der Waals surface area contributed by atoms with Gasteiger partial charge in [0.2, 0.25) is 10.0 Å². The molecule has 0 N–H and O–H groups in total. The number of hydrogen-bond donors (Lipinski definition) is 0. The Labute approximate surface area is 177 Å². The first-order valence-corrected chi connectivity index (χ1v) is 11.4. The molecule has 0 unspecified atom stereocenters. The molecule has 1 atom stereocenters. The van der Waals surface area contributed by atoms with Gasteiger partial charge in [0.15, 0.2) is 6.10 Å². The van der Waals surface area contributed by atoms with Crippen molar-refractivity contribution in [1.82, 2.24) is 4.31 Å². The van der Waals surface area contributed by atoms with E-state index in [4.69, 9.17) is 4.74 Å². The number of likely N-dealkylation sites (N-methyl/N-ethyl adjacent to an activating group) is 1. The van der Waals surface area contributed by atoms with E-state index in [1.165, 1.54) is 40.4 Å². The predicted octanol–water partition coefficient (Wildman–Crippen LogP) is 3.07. The summed E-state index contributed by atoms with van der Waals surface area (Å²) in [5.74, 6) is -1.04. The monoisotopic (exact) mass is 430 g/mol. The molecular formula is C22H26N2O5S. The Hall–Kier alpha value is -2.71. The first-order chi connectivity index (χ1) is 14.3. The molecule has 1 saturated heterocycles. The number of amides is 1. The number of nitrogens with zero attached hydrogens (tertiary/aromatic N) is 2. The minimum Gasteiger partial charge on any atom is -0.449 e. The van der Waals surface area contributed by atoms with Gasteiger partial charge >= 0.3 is 5.97 Å². The van der Waals surface area contributed by atoms with Gasteiger partial charge in [-0.15, -0.1) is 0 Å². The van der Waals surface area contributed by atoms with E-state index in [-0.39, 0.29) is 16.4 Å². The molecule has 7 nitrogen and oxygen atoms in total. The van der Waals surface area contributed by atoms with Gasteiger partial charge < -0.3 is 9.64 Å². The Bertz CT molecular complexity index is 984. The second kappa shape index (κ2) is 9.40. The normalized spacial score (nSPS) is 15.9. The second-order valence-corrected chi connectivity index (χ2v) is 9.21. The van der Waals surface area contributed by atoms with Crippen molar-refractivity contribution < 1.29 is 22.7 Å². The molecule has 1 heterocycles. The Morgan fingerprint density at radius 3 is 2.17 bits per heavy atom. The van der Waals surface area contributed by atoms with Crippen LogP contribution in [-0.2, 0) is 19.6 Å². The van der Waals surface area contributed by atoms with E-state index in [1.54, 1.807) is 19.2 Å². The number of anilines is 1. The van der Waals surface area contributed by atoms with Gasteiger partial charge in [-0.3, -0.25) is 4.79 Å². The first-order valence-electron chi connectivity index (χ1n) is 9.94. The smallest absolute Gasteiger partial charge is 0.338 e. The van der Waals surface area contributed by atoms with Crippen molar-refractivity contribution in [3.8, 4) is 0 Å². The molecule has 160 valence electrons. The number of rotatable bonds is 6. The van der Waals surface area contributed by atoms with Crippen LogP contribution in [0.25, 0.3) is 0 Å². The zero-order valence-electron chi connectivity index (χ0n) is 17.2. The van der Waals surface area contributed by atoms with Gasteiger partial charge in [-0.2, -0.15) is 4.31 Å². The fourth-order valence-electron chi connectivity index (χ4n) is 3.35. The fraction of sp³-hybridized carbons (Fsp3) is 0.364. The van der Waals surface area contributed by atoms with Gasteiger partial charge in [-0.05, 0) is 56.2 Å². The summed E-state index contributed by atoms with van der Waals surface area (Å²) < 4.78 is 32.2. The number of benzene rings is 2. The molecule has 8 heteroatoms. The van der Waals surface area contributed by atoms with Crippen LogP contribution in [-0.4, -0.2) is 50.8 Å². The summed E-state index contributed by atoms with van der Waals surface area (Å²) in [6, 6.07) is 14.7. The minimum absolute atomic E-state index is 0.147. The van der Waals surface area contributed by atoms with Crippen LogP contribution in [0, 0.1) is 0 Å². The van der Waals surface area contributed by atoms with Crippen LogP contribution in [0.1, 0.15) is 36.5 Å². The largest absolute Gasteiger partial charge is 0.449 e. The molecule has 1 amide bonds. The number of piperidine rings is 1. The molecular weight excluding hydrogens is 404 g/mol. The van der Waals surface area contributed by atoms with Crippen LogP contribution in [0.5, 0.6) is 0 Å². The third kappa shape index (κ3) is 4.88. The number of carbonyl (C=O) groups excluding carboxylic acids is 2. The maximum absolute atomic E-state index is 12.7. The van der Waals surface area contributed by atoms with E-state index >= 15 is 0 Å². The Balaban J connectivity index is 1.65. The van der Waals surface area contributed by atoms with Crippen molar-refractivity contribution in [2.45, 2.75) is 37.2 Å².